The van der Waals surface area contributed by atoms with Crippen molar-refractivity contribution in [2.75, 3.05) is 6.54 Å². The second kappa shape index (κ2) is 4.84. The number of hydrogen-bond acceptors (Lipinski definition) is 3. The minimum atomic E-state index is -0.445. The number of nitrogens with one attached hydrogen (secondary N) is 1. The van der Waals surface area contributed by atoms with Crippen molar-refractivity contribution >= 4 is 6.09 Å². The van der Waals surface area contributed by atoms with Gasteiger partial charge in [-0.25, -0.2) is 4.79 Å². The molecule has 0 heterocycles. The molecule has 0 aromatic heterocycles. The maximum atomic E-state index is 11.3. The van der Waals surface area contributed by atoms with Crippen LogP contribution < -0.4 is 5.32 Å². The van der Waals surface area contributed by atoms with E-state index in [9.17, 15) is 9.90 Å². The first-order chi connectivity index (χ1) is 6.87. The van der Waals surface area contributed by atoms with Crippen LogP contribution in [0.1, 0.15) is 40.0 Å². The summed E-state index contributed by atoms with van der Waals surface area (Å²) in [6.45, 7) is 6.12. The summed E-state index contributed by atoms with van der Waals surface area (Å²) < 4.78 is 5.11. The van der Waals surface area contributed by atoms with E-state index in [-0.39, 0.29) is 12.2 Å². The van der Waals surface area contributed by atoms with E-state index in [0.717, 1.165) is 19.3 Å². The summed E-state index contributed by atoms with van der Waals surface area (Å²) in [5, 5.41) is 12.0. The van der Waals surface area contributed by atoms with Crippen LogP contribution in [0.4, 0.5) is 4.79 Å². The second-order valence-electron chi connectivity index (χ2n) is 5.22. The zero-order chi connectivity index (χ0) is 11.5. The van der Waals surface area contributed by atoms with Gasteiger partial charge < -0.3 is 15.2 Å². The molecule has 0 radical (unpaired) electrons. The average Bonchev–Trinajstić information content (AvgIpc) is 2.45. The van der Waals surface area contributed by atoms with Crippen molar-refractivity contribution in [3.05, 3.63) is 0 Å². The van der Waals surface area contributed by atoms with Gasteiger partial charge in [0.1, 0.15) is 5.60 Å². The van der Waals surface area contributed by atoms with Gasteiger partial charge in [-0.15, -0.1) is 0 Å². The number of amides is 1. The molecule has 1 rings (SSSR count). The Labute approximate surface area is 91.0 Å². The topological polar surface area (TPSA) is 58.6 Å². The van der Waals surface area contributed by atoms with E-state index >= 15 is 0 Å². The lowest BCUT2D eigenvalue weighted by molar-refractivity contribution is 0.0517. The Hall–Kier alpha value is -0.770. The Morgan fingerprint density at radius 1 is 1.47 bits per heavy atom. The minimum absolute atomic E-state index is 0.185. The third-order valence-corrected chi connectivity index (χ3v) is 2.45. The van der Waals surface area contributed by atoms with Gasteiger partial charge in [-0.3, -0.25) is 0 Å². The first kappa shape index (κ1) is 12.3. The van der Waals surface area contributed by atoms with Gasteiger partial charge in [0.2, 0.25) is 0 Å². The first-order valence-electron chi connectivity index (χ1n) is 5.52. The van der Waals surface area contributed by atoms with Crippen molar-refractivity contribution in [3.63, 3.8) is 0 Å². The fourth-order valence-electron chi connectivity index (χ4n) is 1.78. The molecule has 0 aromatic carbocycles. The maximum Gasteiger partial charge on any atom is 0.407 e. The Morgan fingerprint density at radius 3 is 2.60 bits per heavy atom. The third-order valence-electron chi connectivity index (χ3n) is 2.45. The lowest BCUT2D eigenvalue weighted by Crippen LogP contribution is -2.35. The van der Waals surface area contributed by atoms with E-state index in [2.05, 4.69) is 5.32 Å². The van der Waals surface area contributed by atoms with Crippen molar-refractivity contribution < 1.29 is 14.6 Å². The lowest BCUT2D eigenvalue weighted by atomic mass is 10.1. The van der Waals surface area contributed by atoms with Crippen LogP contribution in [0.15, 0.2) is 0 Å². The molecule has 1 saturated carbocycles. The molecule has 15 heavy (non-hydrogen) atoms. The van der Waals surface area contributed by atoms with Crippen molar-refractivity contribution in [2.24, 2.45) is 5.92 Å². The van der Waals surface area contributed by atoms with E-state index in [1.54, 1.807) is 0 Å². The van der Waals surface area contributed by atoms with Crippen molar-refractivity contribution in [2.45, 2.75) is 51.7 Å². The van der Waals surface area contributed by atoms with Crippen LogP contribution in [0.2, 0.25) is 0 Å². The largest absolute Gasteiger partial charge is 0.444 e. The Balaban J connectivity index is 2.17. The van der Waals surface area contributed by atoms with Gasteiger partial charge in [-0.2, -0.15) is 0 Å². The minimum Gasteiger partial charge on any atom is -0.444 e. The summed E-state index contributed by atoms with van der Waals surface area (Å²) in [5.74, 6) is 0.396. The predicted molar refractivity (Wildman–Crippen MR) is 57.6 cm³/mol. The van der Waals surface area contributed by atoms with Gasteiger partial charge in [0.15, 0.2) is 0 Å². The highest BCUT2D eigenvalue weighted by Gasteiger charge is 2.24. The molecule has 4 nitrogen and oxygen atoms in total. The summed E-state index contributed by atoms with van der Waals surface area (Å²) in [6, 6.07) is 0. The van der Waals surface area contributed by atoms with Gasteiger partial charge in [-0.1, -0.05) is 0 Å². The van der Waals surface area contributed by atoms with E-state index in [1.165, 1.54) is 0 Å². The number of rotatable bonds is 2. The molecule has 1 aliphatic carbocycles. The number of carbonyl (C=O) groups is 1. The Bertz CT molecular complexity index is 222. The van der Waals surface area contributed by atoms with Gasteiger partial charge in [0, 0.05) is 6.54 Å². The lowest BCUT2D eigenvalue weighted by Gasteiger charge is -2.20. The number of ether oxygens (including phenoxy) is 1. The Kier molecular flexibility index (Phi) is 3.97. The highest BCUT2D eigenvalue weighted by atomic mass is 16.6. The van der Waals surface area contributed by atoms with Crippen LogP contribution in [0.25, 0.3) is 0 Å². The maximum absolute atomic E-state index is 11.3. The molecule has 1 fully saturated rings. The predicted octanol–water partition coefficient (Wildman–Crippen LogP) is 1.67. The third kappa shape index (κ3) is 5.02. The van der Waals surface area contributed by atoms with E-state index in [1.807, 2.05) is 20.8 Å². The van der Waals surface area contributed by atoms with Crippen LogP contribution in [0.3, 0.4) is 0 Å². The summed E-state index contributed by atoms with van der Waals surface area (Å²) in [5.41, 5.74) is -0.445. The van der Waals surface area contributed by atoms with Crippen LogP contribution in [-0.4, -0.2) is 29.4 Å². The summed E-state index contributed by atoms with van der Waals surface area (Å²) in [4.78, 5) is 11.3. The normalized spacial score (nSPS) is 26.4. The molecule has 0 unspecified atom stereocenters. The fourth-order valence-corrected chi connectivity index (χ4v) is 1.78. The van der Waals surface area contributed by atoms with Gasteiger partial charge >= 0.3 is 6.09 Å². The first-order valence-corrected chi connectivity index (χ1v) is 5.52. The van der Waals surface area contributed by atoms with E-state index < -0.39 is 5.60 Å². The van der Waals surface area contributed by atoms with E-state index in [0.29, 0.717) is 12.5 Å². The van der Waals surface area contributed by atoms with Gasteiger partial charge in [0.05, 0.1) is 6.10 Å². The number of carbonyl (C=O) groups excluding carboxylic acids is 1. The van der Waals surface area contributed by atoms with Crippen LogP contribution in [0.5, 0.6) is 0 Å². The number of aliphatic hydroxyl groups is 1. The molecule has 0 aliphatic heterocycles. The molecular formula is C11H21NO3. The van der Waals surface area contributed by atoms with Crippen LogP contribution >= 0.6 is 0 Å². The molecule has 88 valence electrons. The molecule has 0 bridgehead atoms. The van der Waals surface area contributed by atoms with Crippen LogP contribution in [0, 0.1) is 5.92 Å². The molecule has 1 amide bonds. The molecule has 0 spiro atoms. The number of aliphatic hydroxyl groups excluding tert-OH is 1. The molecule has 2 atom stereocenters. The van der Waals surface area contributed by atoms with Gasteiger partial charge in [0.25, 0.3) is 0 Å². The molecule has 0 saturated heterocycles. The molecule has 1 aliphatic rings. The summed E-state index contributed by atoms with van der Waals surface area (Å²) >= 11 is 0. The number of hydrogen-bond donors (Lipinski definition) is 2. The standard InChI is InChI=1S/C11H21NO3/c1-11(2,3)15-10(14)12-7-8-4-5-9(13)6-8/h8-9,13H,4-7H2,1-3H3,(H,12,14)/t8-,9-/m0/s1. The van der Waals surface area contributed by atoms with Crippen LogP contribution in [-0.2, 0) is 4.74 Å². The zero-order valence-corrected chi connectivity index (χ0v) is 9.75. The average molecular weight is 215 g/mol. The van der Waals surface area contributed by atoms with Crippen molar-refractivity contribution in [1.29, 1.82) is 0 Å². The zero-order valence-electron chi connectivity index (χ0n) is 9.75. The monoisotopic (exact) mass is 215 g/mol. The summed E-state index contributed by atoms with van der Waals surface area (Å²) in [7, 11) is 0. The van der Waals surface area contributed by atoms with Crippen molar-refractivity contribution in [3.8, 4) is 0 Å². The molecular weight excluding hydrogens is 194 g/mol. The molecule has 2 N–H and O–H groups in total. The fraction of sp³-hybridized carbons (Fsp3) is 0.909. The number of alkyl carbamates (subject to hydrolysis) is 1. The van der Waals surface area contributed by atoms with Gasteiger partial charge in [-0.05, 0) is 46.0 Å². The summed E-state index contributed by atoms with van der Waals surface area (Å²) in [6.07, 6.45) is 2.06. The second-order valence-corrected chi connectivity index (χ2v) is 5.22. The quantitative estimate of drug-likeness (QED) is 0.736. The smallest absolute Gasteiger partial charge is 0.407 e. The highest BCUT2D eigenvalue weighted by Crippen LogP contribution is 2.24. The van der Waals surface area contributed by atoms with Crippen molar-refractivity contribution in [1.82, 2.24) is 5.32 Å². The SMILES string of the molecule is CC(C)(C)OC(=O)NC[C@H]1CC[C@H](O)C1. The highest BCUT2D eigenvalue weighted by molar-refractivity contribution is 5.67. The molecule has 0 aromatic rings. The van der Waals surface area contributed by atoms with E-state index in [4.69, 9.17) is 4.74 Å². The molecule has 4 heteroatoms. The Morgan fingerprint density at radius 2 is 2.13 bits per heavy atom.